The second-order valence-corrected chi connectivity index (χ2v) is 8.33. The molecule has 0 amide bonds. The Morgan fingerprint density at radius 2 is 2.00 bits per heavy atom. The van der Waals surface area contributed by atoms with Crippen molar-refractivity contribution >= 4 is 33.3 Å². The van der Waals surface area contributed by atoms with E-state index in [-0.39, 0.29) is 0 Å². The van der Waals surface area contributed by atoms with E-state index in [9.17, 15) is 0 Å². The number of fused-ring (bicyclic) bond motifs is 3. The Kier molecular flexibility index (Phi) is 3.98. The first-order chi connectivity index (χ1) is 12.8. The molecule has 0 saturated carbocycles. The van der Waals surface area contributed by atoms with Crippen molar-refractivity contribution < 1.29 is 4.52 Å². The zero-order valence-electron chi connectivity index (χ0n) is 14.2. The second kappa shape index (κ2) is 6.48. The van der Waals surface area contributed by atoms with Crippen LogP contribution in [0.2, 0.25) is 0 Å². The molecular weight excluding hydrogens is 364 g/mol. The molecule has 130 valence electrons. The van der Waals surface area contributed by atoms with Gasteiger partial charge in [0.15, 0.2) is 0 Å². The minimum Gasteiger partial charge on any atom is -0.338 e. The predicted octanol–water partition coefficient (Wildman–Crippen LogP) is 4.83. The lowest BCUT2D eigenvalue weighted by atomic mass is 10.2. The van der Waals surface area contributed by atoms with E-state index in [0.29, 0.717) is 17.5 Å². The first kappa shape index (κ1) is 16.0. The van der Waals surface area contributed by atoms with Crippen molar-refractivity contribution in [1.29, 1.82) is 0 Å². The van der Waals surface area contributed by atoms with Crippen LogP contribution in [0.3, 0.4) is 0 Å². The quantitative estimate of drug-likeness (QED) is 0.373. The Morgan fingerprint density at radius 1 is 1.12 bits per heavy atom. The predicted molar refractivity (Wildman–Crippen MR) is 103 cm³/mol. The second-order valence-electron chi connectivity index (χ2n) is 6.28. The molecule has 0 aliphatic heterocycles. The molecule has 3 heterocycles. The summed E-state index contributed by atoms with van der Waals surface area (Å²) in [5.74, 6) is 2.66. The first-order valence-corrected chi connectivity index (χ1v) is 10.4. The minimum absolute atomic E-state index is 0.607. The van der Waals surface area contributed by atoms with Crippen LogP contribution < -0.4 is 0 Å². The van der Waals surface area contributed by atoms with Gasteiger partial charge in [-0.15, -0.1) is 11.3 Å². The maximum atomic E-state index is 5.43. The molecule has 0 atom stereocenters. The fraction of sp³-hybridized carbons (Fsp3) is 0.263. The maximum absolute atomic E-state index is 5.43. The van der Waals surface area contributed by atoms with Gasteiger partial charge >= 0.3 is 0 Å². The number of rotatable bonds is 4. The molecule has 0 fully saturated rings. The molecule has 4 aromatic rings. The molecule has 1 aliphatic carbocycles. The van der Waals surface area contributed by atoms with Gasteiger partial charge < -0.3 is 4.52 Å². The van der Waals surface area contributed by atoms with E-state index in [0.717, 1.165) is 27.7 Å². The third kappa shape index (κ3) is 2.81. The normalized spacial score (nSPS) is 13.4. The SMILES string of the molecule is Cc1nc(SCc2nc(-c3ccccc3)no2)c2c3c(sc2n1)CCC3. The highest BCUT2D eigenvalue weighted by atomic mass is 32.2. The van der Waals surface area contributed by atoms with Crippen molar-refractivity contribution in [3.63, 3.8) is 0 Å². The molecule has 7 heteroatoms. The van der Waals surface area contributed by atoms with Gasteiger partial charge in [0.25, 0.3) is 0 Å². The standard InChI is InChI=1S/C19H16N4OS2/c1-11-20-18(16-13-8-5-9-14(13)26-19(16)21-11)25-10-15-22-17(23-24-15)12-6-3-2-4-7-12/h2-4,6-7H,5,8-10H2,1H3. The van der Waals surface area contributed by atoms with Crippen molar-refractivity contribution in [3.05, 3.63) is 52.5 Å². The molecule has 3 aromatic heterocycles. The number of thioether (sulfide) groups is 1. The van der Waals surface area contributed by atoms with Crippen LogP contribution in [0.5, 0.6) is 0 Å². The Bertz CT molecular complexity index is 1090. The molecule has 0 bridgehead atoms. The summed E-state index contributed by atoms with van der Waals surface area (Å²) in [7, 11) is 0. The summed E-state index contributed by atoms with van der Waals surface area (Å²) >= 11 is 3.48. The summed E-state index contributed by atoms with van der Waals surface area (Å²) in [6, 6.07) is 9.87. The monoisotopic (exact) mass is 380 g/mol. The molecule has 26 heavy (non-hydrogen) atoms. The van der Waals surface area contributed by atoms with Crippen molar-refractivity contribution in [3.8, 4) is 11.4 Å². The van der Waals surface area contributed by atoms with E-state index in [1.165, 1.54) is 28.7 Å². The zero-order valence-corrected chi connectivity index (χ0v) is 15.9. The van der Waals surface area contributed by atoms with Crippen LogP contribution in [0.1, 0.15) is 28.6 Å². The van der Waals surface area contributed by atoms with Gasteiger partial charge in [-0.1, -0.05) is 47.3 Å². The first-order valence-electron chi connectivity index (χ1n) is 8.57. The Labute approximate surface area is 158 Å². The van der Waals surface area contributed by atoms with E-state index in [1.54, 1.807) is 11.8 Å². The Morgan fingerprint density at radius 3 is 2.88 bits per heavy atom. The lowest BCUT2D eigenvalue weighted by Gasteiger charge is -2.04. The molecule has 0 saturated heterocycles. The van der Waals surface area contributed by atoms with E-state index < -0.39 is 0 Å². The molecule has 1 aliphatic rings. The van der Waals surface area contributed by atoms with Gasteiger partial charge in [0, 0.05) is 15.8 Å². The van der Waals surface area contributed by atoms with Gasteiger partial charge in [0.1, 0.15) is 15.7 Å². The van der Waals surface area contributed by atoms with E-state index >= 15 is 0 Å². The van der Waals surface area contributed by atoms with Crippen LogP contribution in [0.25, 0.3) is 21.6 Å². The van der Waals surface area contributed by atoms with Crippen LogP contribution in [-0.4, -0.2) is 20.1 Å². The number of aryl methyl sites for hydroxylation is 3. The van der Waals surface area contributed by atoms with Gasteiger partial charge in [-0.3, -0.25) is 0 Å². The molecule has 0 radical (unpaired) electrons. The lowest BCUT2D eigenvalue weighted by Crippen LogP contribution is -1.93. The fourth-order valence-electron chi connectivity index (χ4n) is 3.32. The van der Waals surface area contributed by atoms with E-state index in [4.69, 9.17) is 9.51 Å². The third-order valence-corrected chi connectivity index (χ3v) is 6.62. The van der Waals surface area contributed by atoms with Gasteiger partial charge in [-0.25, -0.2) is 9.97 Å². The smallest absolute Gasteiger partial charge is 0.237 e. The summed E-state index contributed by atoms with van der Waals surface area (Å²) in [6.45, 7) is 1.95. The molecule has 0 unspecified atom stereocenters. The number of nitrogens with zero attached hydrogens (tertiary/aromatic N) is 4. The highest BCUT2D eigenvalue weighted by Crippen LogP contribution is 2.41. The van der Waals surface area contributed by atoms with E-state index in [2.05, 4.69) is 15.1 Å². The summed E-state index contributed by atoms with van der Waals surface area (Å²) in [5.41, 5.74) is 2.41. The van der Waals surface area contributed by atoms with Crippen LogP contribution in [0.4, 0.5) is 0 Å². The van der Waals surface area contributed by atoms with Gasteiger partial charge in [0.2, 0.25) is 11.7 Å². The summed E-state index contributed by atoms with van der Waals surface area (Å²) in [4.78, 5) is 16.4. The summed E-state index contributed by atoms with van der Waals surface area (Å²) in [6.07, 6.45) is 3.54. The molecule has 5 nitrogen and oxygen atoms in total. The van der Waals surface area contributed by atoms with Crippen molar-refractivity contribution in [2.75, 3.05) is 0 Å². The maximum Gasteiger partial charge on any atom is 0.237 e. The number of benzene rings is 1. The van der Waals surface area contributed by atoms with Gasteiger partial charge in [0.05, 0.1) is 5.75 Å². The van der Waals surface area contributed by atoms with Crippen molar-refractivity contribution in [1.82, 2.24) is 20.1 Å². The molecule has 0 spiro atoms. The van der Waals surface area contributed by atoms with Crippen molar-refractivity contribution in [2.45, 2.75) is 37.0 Å². The number of thiophene rings is 1. The molecule has 1 aromatic carbocycles. The van der Waals surface area contributed by atoms with E-state index in [1.807, 2.05) is 48.6 Å². The average Bonchev–Trinajstić information content (AvgIpc) is 3.36. The third-order valence-electron chi connectivity index (χ3n) is 4.48. The highest BCUT2D eigenvalue weighted by Gasteiger charge is 2.22. The number of hydrogen-bond donors (Lipinski definition) is 0. The van der Waals surface area contributed by atoms with Gasteiger partial charge in [-0.2, -0.15) is 4.98 Å². The highest BCUT2D eigenvalue weighted by molar-refractivity contribution is 7.98. The number of hydrogen-bond acceptors (Lipinski definition) is 7. The lowest BCUT2D eigenvalue weighted by molar-refractivity contribution is 0.391. The summed E-state index contributed by atoms with van der Waals surface area (Å²) < 4.78 is 5.43. The zero-order chi connectivity index (χ0) is 17.5. The molecule has 5 rings (SSSR count). The Hall–Kier alpha value is -2.25. The van der Waals surface area contributed by atoms with Crippen LogP contribution in [0.15, 0.2) is 39.9 Å². The van der Waals surface area contributed by atoms with Gasteiger partial charge in [-0.05, 0) is 31.7 Å². The van der Waals surface area contributed by atoms with Crippen LogP contribution in [0, 0.1) is 6.92 Å². The van der Waals surface area contributed by atoms with Crippen LogP contribution in [-0.2, 0) is 18.6 Å². The summed E-state index contributed by atoms with van der Waals surface area (Å²) in [5, 5.41) is 6.37. The topological polar surface area (TPSA) is 64.7 Å². The molecular formula is C19H16N4OS2. The fourth-order valence-corrected chi connectivity index (χ4v) is 5.63. The van der Waals surface area contributed by atoms with Crippen LogP contribution >= 0.6 is 23.1 Å². The largest absolute Gasteiger partial charge is 0.338 e. The average molecular weight is 380 g/mol. The number of aromatic nitrogens is 4. The van der Waals surface area contributed by atoms with Crippen molar-refractivity contribution in [2.24, 2.45) is 0 Å². The minimum atomic E-state index is 0.607. The Balaban J connectivity index is 1.43. The molecule has 0 N–H and O–H groups in total.